The maximum absolute atomic E-state index is 12.1. The predicted molar refractivity (Wildman–Crippen MR) is 79.9 cm³/mol. The van der Waals surface area contributed by atoms with Gasteiger partial charge in [-0.15, -0.1) is 0 Å². The molecule has 1 aliphatic carbocycles. The van der Waals surface area contributed by atoms with E-state index in [-0.39, 0.29) is 24.2 Å². The summed E-state index contributed by atoms with van der Waals surface area (Å²) in [6.45, 7) is -2.14. The molecule has 0 radical (unpaired) electrons. The Morgan fingerprint density at radius 3 is 3.14 bits per heavy atom. The fourth-order valence-corrected chi connectivity index (χ4v) is 2.70. The van der Waals surface area contributed by atoms with Gasteiger partial charge in [-0.2, -0.15) is 5.10 Å². The summed E-state index contributed by atoms with van der Waals surface area (Å²) in [5.74, 6) is 0.197. The molecule has 6 nitrogen and oxygen atoms in total. The smallest absolute Gasteiger partial charge is 0.228 e. The molecule has 1 amide bonds. The summed E-state index contributed by atoms with van der Waals surface area (Å²) in [5, 5.41) is 7.24. The van der Waals surface area contributed by atoms with Gasteiger partial charge in [-0.1, -0.05) is 0 Å². The Balaban J connectivity index is 1.86. The summed E-state index contributed by atoms with van der Waals surface area (Å²) in [5.41, 5.74) is 2.66. The van der Waals surface area contributed by atoms with Gasteiger partial charge < -0.3 is 10.2 Å². The Morgan fingerprint density at radius 1 is 1.52 bits per heavy atom. The first-order valence-electron chi connectivity index (χ1n) is 8.45. The summed E-state index contributed by atoms with van der Waals surface area (Å²) in [4.78, 5) is 17.7. The van der Waals surface area contributed by atoms with E-state index in [2.05, 4.69) is 15.4 Å². The Labute approximate surface area is 127 Å². The van der Waals surface area contributed by atoms with Crippen molar-refractivity contribution < 1.29 is 8.91 Å². The SMILES string of the molecule is [2H]C([2H])([2H])N1Cc2cn(C)nc2-c2ccnc(NC(=O)C3CC3)c21. The van der Waals surface area contributed by atoms with Crippen LogP contribution in [0.2, 0.25) is 0 Å². The van der Waals surface area contributed by atoms with E-state index in [0.29, 0.717) is 11.3 Å². The number of rotatable bonds is 2. The number of amides is 1. The summed E-state index contributed by atoms with van der Waals surface area (Å²) in [6, 6.07) is 1.74. The standard InChI is InChI=1S/C15H17N5O/c1-19-7-10-8-20(2)18-12(10)11-5-6-16-14(13(11)19)17-15(21)9-3-4-9/h5-6,8-9H,3-4,7H2,1-2H3,(H,16,17,21)/i1D3. The van der Waals surface area contributed by atoms with E-state index < -0.39 is 6.98 Å². The lowest BCUT2D eigenvalue weighted by Crippen LogP contribution is -2.24. The maximum Gasteiger partial charge on any atom is 0.228 e. The Bertz CT molecular complexity index is 825. The summed E-state index contributed by atoms with van der Waals surface area (Å²) >= 11 is 0. The van der Waals surface area contributed by atoms with E-state index in [9.17, 15) is 4.79 Å². The lowest BCUT2D eigenvalue weighted by Gasteiger charge is -2.28. The van der Waals surface area contributed by atoms with Crippen LogP contribution in [-0.2, 0) is 18.4 Å². The van der Waals surface area contributed by atoms with Gasteiger partial charge in [0.05, 0.1) is 11.4 Å². The molecule has 0 spiro atoms. The van der Waals surface area contributed by atoms with Crippen LogP contribution < -0.4 is 10.2 Å². The second-order valence-corrected chi connectivity index (χ2v) is 5.58. The lowest BCUT2D eigenvalue weighted by atomic mass is 10.0. The Hall–Kier alpha value is -2.37. The quantitative estimate of drug-likeness (QED) is 0.914. The molecular weight excluding hydrogens is 266 g/mol. The zero-order valence-electron chi connectivity index (χ0n) is 14.6. The van der Waals surface area contributed by atoms with Gasteiger partial charge in [0, 0.05) is 54.1 Å². The molecule has 0 atom stereocenters. The molecule has 2 aromatic heterocycles. The first-order chi connectivity index (χ1) is 11.3. The largest absolute Gasteiger partial charge is 0.367 e. The van der Waals surface area contributed by atoms with E-state index in [1.54, 1.807) is 24.0 Å². The van der Waals surface area contributed by atoms with E-state index in [1.165, 1.54) is 4.90 Å². The molecule has 1 N–H and O–H groups in total. The number of aromatic nitrogens is 3. The highest BCUT2D eigenvalue weighted by molar-refractivity contribution is 5.99. The van der Waals surface area contributed by atoms with Crippen LogP contribution in [0, 0.1) is 5.92 Å². The molecule has 1 aliphatic heterocycles. The molecule has 0 saturated heterocycles. The van der Waals surface area contributed by atoms with Gasteiger partial charge in [0.2, 0.25) is 5.91 Å². The number of carbonyl (C=O) groups excluding carboxylic acids is 1. The third-order valence-electron chi connectivity index (χ3n) is 3.87. The molecule has 1 saturated carbocycles. The molecule has 2 aromatic rings. The highest BCUT2D eigenvalue weighted by Crippen LogP contribution is 2.41. The van der Waals surface area contributed by atoms with Gasteiger partial charge in [0.15, 0.2) is 5.82 Å². The van der Waals surface area contributed by atoms with Crippen molar-refractivity contribution in [3.63, 3.8) is 0 Å². The highest BCUT2D eigenvalue weighted by Gasteiger charge is 2.32. The molecule has 6 heteroatoms. The minimum Gasteiger partial charge on any atom is -0.367 e. The van der Waals surface area contributed by atoms with Gasteiger partial charge >= 0.3 is 0 Å². The highest BCUT2D eigenvalue weighted by atomic mass is 16.2. The summed E-state index contributed by atoms with van der Waals surface area (Å²) < 4.78 is 25.3. The second kappa shape index (κ2) is 4.31. The lowest BCUT2D eigenvalue weighted by molar-refractivity contribution is -0.117. The van der Waals surface area contributed by atoms with Crippen LogP contribution in [0.1, 0.15) is 22.5 Å². The summed E-state index contributed by atoms with van der Waals surface area (Å²) in [7, 11) is 1.80. The monoisotopic (exact) mass is 286 g/mol. The minimum atomic E-state index is -2.34. The van der Waals surface area contributed by atoms with Crippen molar-refractivity contribution in [2.75, 3.05) is 17.2 Å². The van der Waals surface area contributed by atoms with Crippen LogP contribution in [0.15, 0.2) is 18.5 Å². The number of carbonyl (C=O) groups is 1. The third-order valence-corrected chi connectivity index (χ3v) is 3.87. The van der Waals surface area contributed by atoms with Crippen molar-refractivity contribution in [3.8, 4) is 11.3 Å². The molecule has 0 aromatic carbocycles. The van der Waals surface area contributed by atoms with Gasteiger partial charge in [-0.05, 0) is 18.9 Å². The fraction of sp³-hybridized carbons (Fsp3) is 0.400. The minimum absolute atomic E-state index is 0.0119. The number of aryl methyl sites for hydroxylation is 1. The van der Waals surface area contributed by atoms with Crippen molar-refractivity contribution in [2.45, 2.75) is 19.4 Å². The normalized spacial score (nSPS) is 19.1. The van der Waals surface area contributed by atoms with E-state index in [4.69, 9.17) is 4.11 Å². The van der Waals surface area contributed by atoms with Crippen LogP contribution in [-0.4, -0.2) is 27.6 Å². The second-order valence-electron chi connectivity index (χ2n) is 5.58. The van der Waals surface area contributed by atoms with Crippen molar-refractivity contribution in [2.24, 2.45) is 13.0 Å². The molecule has 1 fully saturated rings. The van der Waals surface area contributed by atoms with Crippen molar-refractivity contribution in [1.29, 1.82) is 0 Å². The predicted octanol–water partition coefficient (Wildman–Crippen LogP) is 1.78. The van der Waals surface area contributed by atoms with Gasteiger partial charge in [-0.25, -0.2) is 4.98 Å². The molecular formula is C15H17N5O. The Morgan fingerprint density at radius 2 is 2.38 bits per heavy atom. The van der Waals surface area contributed by atoms with Gasteiger partial charge in [-0.3, -0.25) is 9.48 Å². The van der Waals surface area contributed by atoms with Crippen LogP contribution in [0.5, 0.6) is 0 Å². The van der Waals surface area contributed by atoms with Crippen LogP contribution in [0.4, 0.5) is 11.5 Å². The average Bonchev–Trinajstić information content (AvgIpc) is 3.27. The van der Waals surface area contributed by atoms with Crippen LogP contribution in [0.25, 0.3) is 11.3 Å². The van der Waals surface area contributed by atoms with E-state index >= 15 is 0 Å². The topological polar surface area (TPSA) is 63.1 Å². The Kier molecular flexibility index (Phi) is 1.96. The van der Waals surface area contributed by atoms with Crippen LogP contribution in [0.3, 0.4) is 0 Å². The molecule has 3 heterocycles. The van der Waals surface area contributed by atoms with Crippen molar-refractivity contribution in [3.05, 3.63) is 24.0 Å². The molecule has 0 bridgehead atoms. The van der Waals surface area contributed by atoms with E-state index in [0.717, 1.165) is 24.1 Å². The van der Waals surface area contributed by atoms with Gasteiger partial charge in [0.1, 0.15) is 0 Å². The average molecular weight is 286 g/mol. The van der Waals surface area contributed by atoms with Gasteiger partial charge in [0.25, 0.3) is 0 Å². The number of pyridine rings is 1. The number of fused-ring (bicyclic) bond motifs is 3. The molecule has 2 aliphatic rings. The molecule has 21 heavy (non-hydrogen) atoms. The van der Waals surface area contributed by atoms with Crippen molar-refractivity contribution in [1.82, 2.24) is 14.8 Å². The van der Waals surface area contributed by atoms with E-state index in [1.807, 2.05) is 6.20 Å². The number of nitrogens with zero attached hydrogens (tertiary/aromatic N) is 4. The summed E-state index contributed by atoms with van der Waals surface area (Å²) in [6.07, 6.45) is 5.13. The first kappa shape index (κ1) is 9.55. The first-order valence-corrected chi connectivity index (χ1v) is 6.95. The number of hydrogen-bond donors (Lipinski definition) is 1. The number of nitrogens with one attached hydrogen (secondary N) is 1. The number of hydrogen-bond acceptors (Lipinski definition) is 4. The maximum atomic E-state index is 12.1. The fourth-order valence-electron chi connectivity index (χ4n) is 2.70. The zero-order chi connectivity index (χ0) is 17.1. The molecule has 4 rings (SSSR count). The zero-order valence-corrected chi connectivity index (χ0v) is 11.6. The molecule has 0 unspecified atom stereocenters. The van der Waals surface area contributed by atoms with Crippen LogP contribution >= 0.6 is 0 Å². The molecule has 108 valence electrons. The van der Waals surface area contributed by atoms with Crippen molar-refractivity contribution >= 4 is 17.4 Å². The number of anilines is 2. The third kappa shape index (κ3) is 1.98.